The maximum absolute atomic E-state index is 13.2. The molecule has 0 aromatic heterocycles. The highest BCUT2D eigenvalue weighted by atomic mass is 19.1. The molecule has 1 aliphatic carbocycles. The van der Waals surface area contributed by atoms with Crippen LogP contribution in [0.25, 0.3) is 5.57 Å². The average Bonchev–Trinajstić information content (AvgIpc) is 3.30. The minimum absolute atomic E-state index is 0.0237. The van der Waals surface area contributed by atoms with Crippen molar-refractivity contribution in [1.82, 2.24) is 9.80 Å². The number of halogens is 1. The number of nitrogens with zero attached hydrogens (tertiary/aromatic N) is 2. The van der Waals surface area contributed by atoms with Crippen LogP contribution >= 0.6 is 0 Å². The molecule has 6 heteroatoms. The molecular formula is C25H25FN2O3. The van der Waals surface area contributed by atoms with Gasteiger partial charge in [0.1, 0.15) is 12.4 Å². The summed E-state index contributed by atoms with van der Waals surface area (Å²) in [5, 5.41) is 9.96. The van der Waals surface area contributed by atoms with Crippen molar-refractivity contribution in [2.45, 2.75) is 37.3 Å². The van der Waals surface area contributed by atoms with E-state index in [-0.39, 0.29) is 43.0 Å². The van der Waals surface area contributed by atoms with Gasteiger partial charge < -0.3 is 14.9 Å². The quantitative estimate of drug-likeness (QED) is 0.826. The molecule has 0 radical (unpaired) electrons. The Hall–Kier alpha value is -2.99. The molecular weight excluding hydrogens is 395 g/mol. The molecule has 2 amide bonds. The second-order valence-electron chi connectivity index (χ2n) is 8.58. The smallest absolute Gasteiger partial charge is 0.254 e. The number of aliphatic hydroxyl groups excluding tert-OH is 1. The second-order valence-corrected chi connectivity index (χ2v) is 8.58. The number of allylic oxidation sites excluding steroid dienone is 2. The van der Waals surface area contributed by atoms with Crippen LogP contribution < -0.4 is 0 Å². The fraction of sp³-hybridized carbons (Fsp3) is 0.360. The molecule has 160 valence electrons. The van der Waals surface area contributed by atoms with E-state index >= 15 is 0 Å². The van der Waals surface area contributed by atoms with Crippen LogP contribution in [0.2, 0.25) is 0 Å². The third-order valence-corrected chi connectivity index (χ3v) is 6.84. The molecule has 2 heterocycles. The highest BCUT2D eigenvalue weighted by Crippen LogP contribution is 2.43. The van der Waals surface area contributed by atoms with Crippen LogP contribution in [0.5, 0.6) is 0 Å². The fourth-order valence-electron chi connectivity index (χ4n) is 5.28. The number of aliphatic hydroxyl groups is 1. The summed E-state index contributed by atoms with van der Waals surface area (Å²) in [6.07, 6.45) is 5.72. The van der Waals surface area contributed by atoms with E-state index in [4.69, 9.17) is 0 Å². The molecule has 2 aliphatic heterocycles. The van der Waals surface area contributed by atoms with Gasteiger partial charge in [-0.3, -0.25) is 9.59 Å². The Kier molecular flexibility index (Phi) is 5.10. The number of amides is 2. The molecule has 0 unspecified atom stereocenters. The summed E-state index contributed by atoms with van der Waals surface area (Å²) >= 11 is 0. The van der Waals surface area contributed by atoms with Crippen LogP contribution in [-0.2, 0) is 4.79 Å². The highest BCUT2D eigenvalue weighted by molar-refractivity contribution is 5.97. The van der Waals surface area contributed by atoms with E-state index in [0.29, 0.717) is 12.1 Å². The van der Waals surface area contributed by atoms with Gasteiger partial charge in [0, 0.05) is 18.0 Å². The van der Waals surface area contributed by atoms with E-state index in [0.717, 1.165) is 18.4 Å². The lowest BCUT2D eigenvalue weighted by molar-refractivity contribution is -0.159. The molecule has 2 aromatic rings. The maximum atomic E-state index is 13.2. The lowest BCUT2D eigenvalue weighted by Crippen LogP contribution is -2.73. The number of benzene rings is 2. The molecule has 2 aromatic carbocycles. The van der Waals surface area contributed by atoms with Crippen LogP contribution in [0.1, 0.15) is 46.7 Å². The van der Waals surface area contributed by atoms with E-state index in [1.54, 1.807) is 4.90 Å². The number of carbonyl (C=O) groups is 2. The van der Waals surface area contributed by atoms with Crippen LogP contribution in [0, 0.1) is 5.82 Å². The zero-order valence-electron chi connectivity index (χ0n) is 17.2. The van der Waals surface area contributed by atoms with E-state index in [1.165, 1.54) is 46.7 Å². The number of hydrogen-bond donors (Lipinski definition) is 1. The van der Waals surface area contributed by atoms with Gasteiger partial charge in [-0.1, -0.05) is 30.3 Å². The highest BCUT2D eigenvalue weighted by Gasteiger charge is 2.54. The third-order valence-electron chi connectivity index (χ3n) is 6.84. The van der Waals surface area contributed by atoms with Gasteiger partial charge in [0.25, 0.3) is 5.91 Å². The Bertz CT molecular complexity index is 1030. The van der Waals surface area contributed by atoms with E-state index in [1.807, 2.05) is 0 Å². The van der Waals surface area contributed by atoms with Crippen molar-refractivity contribution >= 4 is 17.4 Å². The Labute approximate surface area is 180 Å². The first-order valence-corrected chi connectivity index (χ1v) is 10.8. The minimum Gasteiger partial charge on any atom is -0.394 e. The number of carbonyl (C=O) groups excluding carboxylic acids is 2. The molecule has 2 saturated heterocycles. The van der Waals surface area contributed by atoms with Crippen molar-refractivity contribution < 1.29 is 19.1 Å². The Morgan fingerprint density at radius 3 is 2.48 bits per heavy atom. The number of hydrogen-bond acceptors (Lipinski definition) is 3. The first-order chi connectivity index (χ1) is 15.1. The van der Waals surface area contributed by atoms with E-state index < -0.39 is 5.82 Å². The molecule has 0 spiro atoms. The van der Waals surface area contributed by atoms with Gasteiger partial charge in [0.2, 0.25) is 5.91 Å². The summed E-state index contributed by atoms with van der Waals surface area (Å²) in [6, 6.07) is 13.4. The normalized spacial score (nSPS) is 25.2. The second kappa shape index (κ2) is 7.93. The minimum atomic E-state index is -0.404. The summed E-state index contributed by atoms with van der Waals surface area (Å²) in [7, 11) is 0. The first-order valence-electron chi connectivity index (χ1n) is 10.8. The molecule has 5 rings (SSSR count). The summed E-state index contributed by atoms with van der Waals surface area (Å²) in [4.78, 5) is 28.9. The zero-order valence-corrected chi connectivity index (χ0v) is 17.2. The number of fused-ring (bicyclic) bond motifs is 1. The van der Waals surface area contributed by atoms with Crippen molar-refractivity contribution in [3.63, 3.8) is 0 Å². The summed E-state index contributed by atoms with van der Waals surface area (Å²) in [5.41, 5.74) is 4.05. The molecule has 5 nitrogen and oxygen atoms in total. The SMILES string of the molecule is O=C(c1ccc(F)cc1)N1CC(=O)N2[C@H](CO)[C@H](c3ccc(C4=CCCC4)cc3)[C@@H]2C1. The summed E-state index contributed by atoms with van der Waals surface area (Å²) < 4.78 is 13.2. The molecule has 2 fully saturated rings. The number of piperazine rings is 1. The van der Waals surface area contributed by atoms with Crippen LogP contribution in [0.3, 0.4) is 0 Å². The average molecular weight is 420 g/mol. The molecule has 3 atom stereocenters. The number of rotatable bonds is 4. The van der Waals surface area contributed by atoms with Gasteiger partial charge in [0.15, 0.2) is 0 Å². The Balaban J connectivity index is 1.37. The van der Waals surface area contributed by atoms with Gasteiger partial charge in [-0.25, -0.2) is 4.39 Å². The van der Waals surface area contributed by atoms with Crippen LogP contribution in [0.4, 0.5) is 4.39 Å². The molecule has 31 heavy (non-hydrogen) atoms. The van der Waals surface area contributed by atoms with Gasteiger partial charge in [-0.15, -0.1) is 0 Å². The molecule has 3 aliphatic rings. The van der Waals surface area contributed by atoms with Crippen LogP contribution in [0.15, 0.2) is 54.6 Å². The summed E-state index contributed by atoms with van der Waals surface area (Å²) in [6.45, 7) is 0.269. The largest absolute Gasteiger partial charge is 0.394 e. The lowest BCUT2D eigenvalue weighted by Gasteiger charge is -2.58. The van der Waals surface area contributed by atoms with Gasteiger partial charge in [-0.05, 0) is 60.2 Å². The lowest BCUT2D eigenvalue weighted by atomic mass is 9.73. The third kappa shape index (κ3) is 3.45. The monoisotopic (exact) mass is 420 g/mol. The molecule has 0 bridgehead atoms. The molecule has 0 saturated carbocycles. The fourth-order valence-corrected chi connectivity index (χ4v) is 5.28. The van der Waals surface area contributed by atoms with Gasteiger partial charge in [0.05, 0.1) is 18.7 Å². The van der Waals surface area contributed by atoms with Crippen LogP contribution in [-0.4, -0.2) is 58.5 Å². The topological polar surface area (TPSA) is 60.9 Å². The standard InChI is InChI=1S/C25H25FN2O3/c26-20-11-9-19(10-12-20)25(31)27-13-21-24(22(15-29)28(21)23(30)14-27)18-7-5-17(6-8-18)16-3-1-2-4-16/h3,5-12,21-22,24,29H,1-2,4,13-15H2/t21-,22+,24+/m0/s1. The Morgan fingerprint density at radius 2 is 1.84 bits per heavy atom. The maximum Gasteiger partial charge on any atom is 0.254 e. The van der Waals surface area contributed by atoms with Crippen molar-refractivity contribution in [2.24, 2.45) is 0 Å². The van der Waals surface area contributed by atoms with E-state index in [9.17, 15) is 19.1 Å². The predicted octanol–water partition coefficient (Wildman–Crippen LogP) is 3.20. The van der Waals surface area contributed by atoms with Crippen molar-refractivity contribution in [2.75, 3.05) is 19.7 Å². The van der Waals surface area contributed by atoms with Crippen molar-refractivity contribution in [3.05, 3.63) is 77.1 Å². The van der Waals surface area contributed by atoms with Gasteiger partial charge in [-0.2, -0.15) is 0 Å². The van der Waals surface area contributed by atoms with E-state index in [2.05, 4.69) is 30.3 Å². The molecule has 1 N–H and O–H groups in total. The first kappa shape index (κ1) is 19.9. The predicted molar refractivity (Wildman–Crippen MR) is 115 cm³/mol. The Morgan fingerprint density at radius 1 is 1.10 bits per heavy atom. The van der Waals surface area contributed by atoms with Gasteiger partial charge >= 0.3 is 0 Å². The summed E-state index contributed by atoms with van der Waals surface area (Å²) in [5.74, 6) is -0.860. The zero-order chi connectivity index (χ0) is 21.5. The van der Waals surface area contributed by atoms with Crippen molar-refractivity contribution in [3.8, 4) is 0 Å². The van der Waals surface area contributed by atoms with Crippen molar-refractivity contribution in [1.29, 1.82) is 0 Å².